The molecule has 28 heavy (non-hydrogen) atoms. The Kier molecular flexibility index (Phi) is 6.65. The first-order valence-electron chi connectivity index (χ1n) is 9.10. The van der Waals surface area contributed by atoms with E-state index < -0.39 is 0 Å². The molecule has 3 rings (SSSR count). The molecule has 8 heteroatoms. The van der Waals surface area contributed by atoms with Crippen LogP contribution in [0, 0.1) is 0 Å². The van der Waals surface area contributed by atoms with Gasteiger partial charge in [0.1, 0.15) is 5.75 Å². The SMILES string of the molecule is COc1ccc(C(=O)N2CCN(C(=O)CCNC(=O)c3ccsc3)CC2)cc1. The molecule has 0 spiro atoms. The second kappa shape index (κ2) is 9.36. The number of hydrogen-bond acceptors (Lipinski definition) is 5. The van der Waals surface area contributed by atoms with E-state index in [9.17, 15) is 14.4 Å². The van der Waals surface area contributed by atoms with Crippen LogP contribution in [0.15, 0.2) is 41.1 Å². The summed E-state index contributed by atoms with van der Waals surface area (Å²) in [5.74, 6) is 0.488. The fourth-order valence-electron chi connectivity index (χ4n) is 3.01. The topological polar surface area (TPSA) is 79.0 Å². The van der Waals surface area contributed by atoms with E-state index in [4.69, 9.17) is 4.74 Å². The summed E-state index contributed by atoms with van der Waals surface area (Å²) < 4.78 is 5.11. The predicted octanol–water partition coefficient (Wildman–Crippen LogP) is 1.86. The highest BCUT2D eigenvalue weighted by Crippen LogP contribution is 2.14. The van der Waals surface area contributed by atoms with Crippen molar-refractivity contribution < 1.29 is 19.1 Å². The third kappa shape index (κ3) is 4.89. The molecule has 1 fully saturated rings. The van der Waals surface area contributed by atoms with Gasteiger partial charge in [0, 0.05) is 55.7 Å². The standard InChI is InChI=1S/C20H23N3O4S/c1-27-17-4-2-15(3-5-17)20(26)23-11-9-22(10-12-23)18(24)6-8-21-19(25)16-7-13-28-14-16/h2-5,7,13-14H,6,8-12H2,1H3,(H,21,25). The molecule has 3 amide bonds. The molecule has 1 aliphatic rings. The Balaban J connectivity index is 1.42. The molecule has 0 saturated carbocycles. The van der Waals surface area contributed by atoms with Crippen LogP contribution in [-0.2, 0) is 4.79 Å². The van der Waals surface area contributed by atoms with Crippen molar-refractivity contribution >= 4 is 29.1 Å². The normalized spacial score (nSPS) is 13.9. The molecule has 1 saturated heterocycles. The van der Waals surface area contributed by atoms with Gasteiger partial charge in [-0.05, 0) is 35.7 Å². The summed E-state index contributed by atoms with van der Waals surface area (Å²) in [6.45, 7) is 2.30. The van der Waals surface area contributed by atoms with Crippen LogP contribution in [-0.4, -0.2) is 67.4 Å². The number of carbonyl (C=O) groups excluding carboxylic acids is 3. The number of rotatable bonds is 6. The molecular weight excluding hydrogens is 378 g/mol. The average Bonchev–Trinajstić information content (AvgIpc) is 3.28. The number of nitrogens with zero attached hydrogens (tertiary/aromatic N) is 2. The largest absolute Gasteiger partial charge is 0.497 e. The first kappa shape index (κ1) is 19.9. The van der Waals surface area contributed by atoms with Crippen LogP contribution < -0.4 is 10.1 Å². The lowest BCUT2D eigenvalue weighted by atomic mass is 10.1. The first-order valence-corrected chi connectivity index (χ1v) is 10.0. The van der Waals surface area contributed by atoms with E-state index in [1.54, 1.807) is 52.6 Å². The monoisotopic (exact) mass is 401 g/mol. The summed E-state index contributed by atoms with van der Waals surface area (Å²) in [6.07, 6.45) is 0.252. The van der Waals surface area contributed by atoms with Crippen LogP contribution in [0.2, 0.25) is 0 Å². The van der Waals surface area contributed by atoms with Gasteiger partial charge in [-0.2, -0.15) is 11.3 Å². The summed E-state index contributed by atoms with van der Waals surface area (Å²) in [4.78, 5) is 40.3. The number of benzene rings is 1. The van der Waals surface area contributed by atoms with Gasteiger partial charge < -0.3 is 19.9 Å². The Morgan fingerprint density at radius 2 is 1.68 bits per heavy atom. The summed E-state index contributed by atoms with van der Waals surface area (Å²) in [6, 6.07) is 8.76. The van der Waals surface area contributed by atoms with Gasteiger partial charge >= 0.3 is 0 Å². The molecule has 0 atom stereocenters. The molecule has 7 nitrogen and oxygen atoms in total. The van der Waals surface area contributed by atoms with Crippen molar-refractivity contribution in [3.63, 3.8) is 0 Å². The molecule has 1 N–H and O–H groups in total. The third-order valence-electron chi connectivity index (χ3n) is 4.66. The fraction of sp³-hybridized carbons (Fsp3) is 0.350. The Morgan fingerprint density at radius 1 is 1.00 bits per heavy atom. The van der Waals surface area contributed by atoms with Crippen LogP contribution in [0.4, 0.5) is 0 Å². The van der Waals surface area contributed by atoms with E-state index in [-0.39, 0.29) is 24.1 Å². The van der Waals surface area contributed by atoms with Crippen LogP contribution in [0.3, 0.4) is 0 Å². The lowest BCUT2D eigenvalue weighted by molar-refractivity contribution is -0.132. The van der Waals surface area contributed by atoms with Gasteiger partial charge in [0.25, 0.3) is 11.8 Å². The molecule has 1 aliphatic heterocycles. The maximum Gasteiger partial charge on any atom is 0.253 e. The van der Waals surface area contributed by atoms with Crippen molar-refractivity contribution in [1.82, 2.24) is 15.1 Å². The second-order valence-corrected chi connectivity index (χ2v) is 7.20. The van der Waals surface area contributed by atoms with E-state index >= 15 is 0 Å². The first-order chi connectivity index (χ1) is 13.6. The minimum Gasteiger partial charge on any atom is -0.497 e. The third-order valence-corrected chi connectivity index (χ3v) is 5.35. The van der Waals surface area contributed by atoms with Gasteiger partial charge in [-0.15, -0.1) is 0 Å². The van der Waals surface area contributed by atoms with Crippen LogP contribution >= 0.6 is 11.3 Å². The summed E-state index contributed by atoms with van der Waals surface area (Å²) in [5.41, 5.74) is 1.22. The Morgan fingerprint density at radius 3 is 2.29 bits per heavy atom. The zero-order valence-electron chi connectivity index (χ0n) is 15.7. The number of ether oxygens (including phenoxy) is 1. The van der Waals surface area contributed by atoms with Gasteiger partial charge in [-0.3, -0.25) is 14.4 Å². The molecule has 0 unspecified atom stereocenters. The van der Waals surface area contributed by atoms with E-state index in [0.717, 1.165) is 0 Å². The Labute approximate surface area is 167 Å². The predicted molar refractivity (Wildman–Crippen MR) is 107 cm³/mol. The van der Waals surface area contributed by atoms with Crippen molar-refractivity contribution in [2.75, 3.05) is 39.8 Å². The van der Waals surface area contributed by atoms with Crippen molar-refractivity contribution in [3.8, 4) is 5.75 Å². The summed E-state index contributed by atoms with van der Waals surface area (Å²) in [5, 5.41) is 6.37. The highest BCUT2D eigenvalue weighted by molar-refractivity contribution is 7.08. The van der Waals surface area contributed by atoms with Crippen LogP contribution in [0.5, 0.6) is 5.75 Å². The van der Waals surface area contributed by atoms with E-state index in [0.29, 0.717) is 49.6 Å². The fourth-order valence-corrected chi connectivity index (χ4v) is 3.65. The van der Waals surface area contributed by atoms with Crippen LogP contribution in [0.25, 0.3) is 0 Å². The molecular formula is C20H23N3O4S. The number of nitrogens with one attached hydrogen (secondary N) is 1. The quantitative estimate of drug-likeness (QED) is 0.801. The molecule has 2 aromatic rings. The minimum atomic E-state index is -0.163. The van der Waals surface area contributed by atoms with E-state index in [1.807, 2.05) is 5.38 Å². The van der Waals surface area contributed by atoms with Crippen molar-refractivity contribution in [1.29, 1.82) is 0 Å². The van der Waals surface area contributed by atoms with Gasteiger partial charge in [0.2, 0.25) is 5.91 Å². The molecule has 0 radical (unpaired) electrons. The second-order valence-electron chi connectivity index (χ2n) is 6.42. The zero-order chi connectivity index (χ0) is 19.9. The van der Waals surface area contributed by atoms with Crippen molar-refractivity contribution in [2.24, 2.45) is 0 Å². The maximum absolute atomic E-state index is 12.6. The number of amides is 3. The van der Waals surface area contributed by atoms with Gasteiger partial charge in [-0.25, -0.2) is 0 Å². The summed E-state index contributed by atoms with van der Waals surface area (Å²) >= 11 is 1.46. The van der Waals surface area contributed by atoms with Gasteiger partial charge in [-0.1, -0.05) is 0 Å². The van der Waals surface area contributed by atoms with Crippen molar-refractivity contribution in [3.05, 3.63) is 52.2 Å². The zero-order valence-corrected chi connectivity index (χ0v) is 16.5. The maximum atomic E-state index is 12.6. The highest BCUT2D eigenvalue weighted by atomic mass is 32.1. The minimum absolute atomic E-state index is 0.0119. The molecule has 2 heterocycles. The Hall–Kier alpha value is -2.87. The number of methoxy groups -OCH3 is 1. The number of carbonyl (C=O) groups is 3. The molecule has 1 aromatic heterocycles. The van der Waals surface area contributed by atoms with Crippen molar-refractivity contribution in [2.45, 2.75) is 6.42 Å². The molecule has 0 aliphatic carbocycles. The lowest BCUT2D eigenvalue weighted by Crippen LogP contribution is -2.51. The number of piperazine rings is 1. The molecule has 0 bridgehead atoms. The number of thiophene rings is 1. The highest BCUT2D eigenvalue weighted by Gasteiger charge is 2.24. The van der Waals surface area contributed by atoms with Gasteiger partial charge in [0.05, 0.1) is 7.11 Å². The lowest BCUT2D eigenvalue weighted by Gasteiger charge is -2.35. The Bertz CT molecular complexity index is 812. The van der Waals surface area contributed by atoms with E-state index in [1.165, 1.54) is 11.3 Å². The smallest absolute Gasteiger partial charge is 0.253 e. The number of hydrogen-bond donors (Lipinski definition) is 1. The average molecular weight is 401 g/mol. The summed E-state index contributed by atoms with van der Waals surface area (Å²) in [7, 11) is 1.58. The molecule has 1 aromatic carbocycles. The van der Waals surface area contributed by atoms with Crippen LogP contribution in [0.1, 0.15) is 27.1 Å². The molecule has 148 valence electrons. The van der Waals surface area contributed by atoms with E-state index in [2.05, 4.69) is 5.32 Å². The van der Waals surface area contributed by atoms with Gasteiger partial charge in [0.15, 0.2) is 0 Å².